The lowest BCUT2D eigenvalue weighted by Crippen LogP contribution is -2.42. The van der Waals surface area contributed by atoms with Crippen molar-refractivity contribution in [3.05, 3.63) is 0 Å². The second-order valence-electron chi connectivity index (χ2n) is 4.47. The minimum atomic E-state index is -0.359. The molecule has 3 atom stereocenters. The summed E-state index contributed by atoms with van der Waals surface area (Å²) < 4.78 is 0. The average molecular weight is 214 g/mol. The highest BCUT2D eigenvalue weighted by Crippen LogP contribution is 2.20. The SMILES string of the molecule is CCCC(N)C(=O)N1CCC(C(C)O)C1. The van der Waals surface area contributed by atoms with Crippen molar-refractivity contribution in [1.82, 2.24) is 4.90 Å². The number of hydrogen-bond acceptors (Lipinski definition) is 3. The van der Waals surface area contributed by atoms with Crippen LogP contribution in [0.15, 0.2) is 0 Å². The monoisotopic (exact) mass is 214 g/mol. The van der Waals surface area contributed by atoms with Gasteiger partial charge in [-0.1, -0.05) is 13.3 Å². The normalized spacial score (nSPS) is 25.3. The Balaban J connectivity index is 2.42. The zero-order chi connectivity index (χ0) is 11.4. The van der Waals surface area contributed by atoms with E-state index in [0.29, 0.717) is 6.54 Å². The number of carbonyl (C=O) groups is 1. The summed E-state index contributed by atoms with van der Waals surface area (Å²) in [6.07, 6.45) is 2.24. The van der Waals surface area contributed by atoms with E-state index in [9.17, 15) is 9.90 Å². The first-order valence-corrected chi connectivity index (χ1v) is 5.78. The summed E-state index contributed by atoms with van der Waals surface area (Å²) in [4.78, 5) is 13.6. The highest BCUT2D eigenvalue weighted by Gasteiger charge is 2.30. The highest BCUT2D eigenvalue weighted by atomic mass is 16.3. The molecule has 0 bridgehead atoms. The van der Waals surface area contributed by atoms with Gasteiger partial charge in [0.25, 0.3) is 0 Å². The van der Waals surface area contributed by atoms with E-state index in [0.717, 1.165) is 25.8 Å². The van der Waals surface area contributed by atoms with Crippen molar-refractivity contribution in [2.24, 2.45) is 11.7 Å². The number of nitrogens with zero attached hydrogens (tertiary/aromatic N) is 1. The number of aliphatic hydroxyl groups is 1. The van der Waals surface area contributed by atoms with Crippen LogP contribution in [0.5, 0.6) is 0 Å². The number of carbonyl (C=O) groups excluding carboxylic acids is 1. The van der Waals surface area contributed by atoms with Gasteiger partial charge in [0, 0.05) is 19.0 Å². The van der Waals surface area contributed by atoms with Crippen molar-refractivity contribution in [1.29, 1.82) is 0 Å². The van der Waals surface area contributed by atoms with Crippen LogP contribution in [0.3, 0.4) is 0 Å². The van der Waals surface area contributed by atoms with Gasteiger partial charge in [0.1, 0.15) is 0 Å². The molecule has 4 heteroatoms. The Labute approximate surface area is 91.4 Å². The Kier molecular flexibility index (Phi) is 4.54. The van der Waals surface area contributed by atoms with Crippen LogP contribution in [0.4, 0.5) is 0 Å². The molecule has 0 radical (unpaired) electrons. The van der Waals surface area contributed by atoms with Crippen LogP contribution in [0.1, 0.15) is 33.1 Å². The fourth-order valence-corrected chi connectivity index (χ4v) is 2.05. The second-order valence-corrected chi connectivity index (χ2v) is 4.47. The van der Waals surface area contributed by atoms with Gasteiger partial charge in [0.15, 0.2) is 0 Å². The first-order chi connectivity index (χ1) is 7.06. The van der Waals surface area contributed by atoms with E-state index in [-0.39, 0.29) is 24.0 Å². The van der Waals surface area contributed by atoms with Crippen LogP contribution < -0.4 is 5.73 Å². The van der Waals surface area contributed by atoms with E-state index in [1.54, 1.807) is 11.8 Å². The van der Waals surface area contributed by atoms with Crippen molar-refractivity contribution >= 4 is 5.91 Å². The van der Waals surface area contributed by atoms with E-state index in [1.807, 2.05) is 6.92 Å². The minimum Gasteiger partial charge on any atom is -0.393 e. The quantitative estimate of drug-likeness (QED) is 0.709. The van der Waals surface area contributed by atoms with E-state index < -0.39 is 0 Å². The molecule has 0 aromatic rings. The Morgan fingerprint density at radius 3 is 2.80 bits per heavy atom. The molecule has 0 spiro atoms. The molecule has 1 amide bonds. The van der Waals surface area contributed by atoms with Crippen LogP contribution in [-0.4, -0.2) is 41.1 Å². The molecular weight excluding hydrogens is 192 g/mol. The number of likely N-dealkylation sites (tertiary alicyclic amines) is 1. The summed E-state index contributed by atoms with van der Waals surface area (Å²) in [5.74, 6) is 0.266. The molecule has 0 saturated carbocycles. The highest BCUT2D eigenvalue weighted by molar-refractivity contribution is 5.81. The van der Waals surface area contributed by atoms with Crippen LogP contribution in [0.2, 0.25) is 0 Å². The number of hydrogen-bond donors (Lipinski definition) is 2. The molecule has 1 heterocycles. The van der Waals surface area contributed by atoms with Gasteiger partial charge in [-0.15, -0.1) is 0 Å². The first kappa shape index (κ1) is 12.5. The van der Waals surface area contributed by atoms with E-state index in [2.05, 4.69) is 0 Å². The topological polar surface area (TPSA) is 66.6 Å². The summed E-state index contributed by atoms with van der Waals surface area (Å²) >= 11 is 0. The Morgan fingerprint density at radius 2 is 2.33 bits per heavy atom. The smallest absolute Gasteiger partial charge is 0.239 e. The summed E-state index contributed by atoms with van der Waals surface area (Å²) in [5, 5.41) is 9.42. The molecule has 88 valence electrons. The van der Waals surface area contributed by atoms with Gasteiger partial charge in [-0.25, -0.2) is 0 Å². The molecule has 1 saturated heterocycles. The van der Waals surface area contributed by atoms with Crippen LogP contribution in [-0.2, 0) is 4.79 Å². The molecule has 3 N–H and O–H groups in total. The van der Waals surface area contributed by atoms with Crippen molar-refractivity contribution in [3.8, 4) is 0 Å². The summed E-state index contributed by atoms with van der Waals surface area (Å²) in [5.41, 5.74) is 5.78. The molecule has 3 unspecified atom stereocenters. The van der Waals surface area contributed by atoms with E-state index in [4.69, 9.17) is 5.73 Å². The third-order valence-corrected chi connectivity index (χ3v) is 3.14. The van der Waals surface area contributed by atoms with Crippen LogP contribution >= 0.6 is 0 Å². The summed E-state index contributed by atoms with van der Waals surface area (Å²) in [6, 6.07) is -0.359. The average Bonchev–Trinajstić information content (AvgIpc) is 2.65. The van der Waals surface area contributed by atoms with Gasteiger partial charge >= 0.3 is 0 Å². The maximum absolute atomic E-state index is 11.8. The van der Waals surface area contributed by atoms with E-state index in [1.165, 1.54) is 0 Å². The number of amides is 1. The Bertz CT molecular complexity index is 219. The Morgan fingerprint density at radius 1 is 1.67 bits per heavy atom. The van der Waals surface area contributed by atoms with Crippen molar-refractivity contribution in [3.63, 3.8) is 0 Å². The summed E-state index contributed by atoms with van der Waals surface area (Å²) in [6.45, 7) is 5.21. The molecule has 4 nitrogen and oxygen atoms in total. The van der Waals surface area contributed by atoms with Crippen molar-refractivity contribution in [2.75, 3.05) is 13.1 Å². The molecule has 1 rings (SSSR count). The molecular formula is C11H22N2O2. The predicted molar refractivity (Wildman–Crippen MR) is 59.3 cm³/mol. The molecule has 0 aromatic heterocycles. The second kappa shape index (κ2) is 5.47. The standard InChI is InChI=1S/C11H22N2O2/c1-3-4-10(12)11(15)13-6-5-9(7-13)8(2)14/h8-10,14H,3-7,12H2,1-2H3. The number of aliphatic hydroxyl groups excluding tert-OH is 1. The lowest BCUT2D eigenvalue weighted by molar-refractivity contribution is -0.131. The van der Waals surface area contributed by atoms with Crippen LogP contribution in [0, 0.1) is 5.92 Å². The predicted octanol–water partition coefficient (Wildman–Crippen LogP) is 0.343. The maximum atomic E-state index is 11.8. The lowest BCUT2D eigenvalue weighted by Gasteiger charge is -2.21. The largest absolute Gasteiger partial charge is 0.393 e. The van der Waals surface area contributed by atoms with Crippen molar-refractivity contribution in [2.45, 2.75) is 45.3 Å². The molecule has 0 aromatic carbocycles. The zero-order valence-electron chi connectivity index (χ0n) is 9.65. The van der Waals surface area contributed by atoms with Gasteiger partial charge in [-0.2, -0.15) is 0 Å². The lowest BCUT2D eigenvalue weighted by atomic mass is 10.0. The Hall–Kier alpha value is -0.610. The van der Waals surface area contributed by atoms with Crippen LogP contribution in [0.25, 0.3) is 0 Å². The maximum Gasteiger partial charge on any atom is 0.239 e. The van der Waals surface area contributed by atoms with Gasteiger partial charge in [-0.3, -0.25) is 4.79 Å². The van der Waals surface area contributed by atoms with Gasteiger partial charge in [-0.05, 0) is 19.8 Å². The first-order valence-electron chi connectivity index (χ1n) is 5.78. The van der Waals surface area contributed by atoms with Gasteiger partial charge in [0.2, 0.25) is 5.91 Å². The molecule has 1 fully saturated rings. The third-order valence-electron chi connectivity index (χ3n) is 3.14. The number of rotatable bonds is 4. The molecule has 0 aliphatic carbocycles. The molecule has 1 aliphatic rings. The number of nitrogens with two attached hydrogens (primary N) is 1. The molecule has 15 heavy (non-hydrogen) atoms. The fraction of sp³-hybridized carbons (Fsp3) is 0.909. The minimum absolute atomic E-state index is 0.0417. The summed E-state index contributed by atoms with van der Waals surface area (Å²) in [7, 11) is 0. The van der Waals surface area contributed by atoms with Crippen molar-refractivity contribution < 1.29 is 9.90 Å². The third kappa shape index (κ3) is 3.18. The van der Waals surface area contributed by atoms with Gasteiger partial charge < -0.3 is 15.7 Å². The fourth-order valence-electron chi connectivity index (χ4n) is 2.05. The van der Waals surface area contributed by atoms with Gasteiger partial charge in [0.05, 0.1) is 12.1 Å². The van der Waals surface area contributed by atoms with E-state index >= 15 is 0 Å². The zero-order valence-corrected chi connectivity index (χ0v) is 9.65. The molecule has 1 aliphatic heterocycles.